The Labute approximate surface area is 174 Å². The Morgan fingerprint density at radius 3 is 0.909 bits per heavy atom. The van der Waals surface area contributed by atoms with Gasteiger partial charge in [0.2, 0.25) is 0 Å². The van der Waals surface area contributed by atoms with Crippen LogP contribution < -0.4 is 0 Å². The fraction of sp³-hybridized carbons (Fsp3) is 1.00. The van der Waals surface area contributed by atoms with E-state index >= 15 is 0 Å². The monoisotopic (exact) mass is 382 g/mol. The van der Waals surface area contributed by atoms with E-state index in [0.29, 0.717) is 12.8 Å². The smallest absolute Gasteiger partial charge is 0.0613 e. The van der Waals surface area contributed by atoms with Gasteiger partial charge in [-0.05, 0) is 31.1 Å². The third-order valence-electron chi connectivity index (χ3n) is 3.13. The first-order valence-corrected chi connectivity index (χ1v) is 7.40. The summed E-state index contributed by atoms with van der Waals surface area (Å²) in [4.78, 5) is 0. The van der Waals surface area contributed by atoms with Crippen LogP contribution in [0.3, 0.4) is 0 Å². The maximum Gasteiger partial charge on any atom is 0.0613 e. The van der Waals surface area contributed by atoms with Crippen LogP contribution in [0.4, 0.5) is 0 Å². The minimum Gasteiger partial charge on any atom is -0.393 e. The van der Waals surface area contributed by atoms with Gasteiger partial charge >= 0.3 is 0 Å². The van der Waals surface area contributed by atoms with Crippen LogP contribution in [-0.2, 0) is 51.7 Å². The summed E-state index contributed by atoms with van der Waals surface area (Å²) in [6.07, 6.45) is -0.712. The Bertz CT molecular complexity index is 222. The minimum absolute atomic E-state index is 0. The molecule has 0 saturated carbocycles. The molecule has 130 valence electrons. The Balaban J connectivity index is -0.000000156. The maximum atomic E-state index is 9.76. The second-order valence-corrected chi connectivity index (χ2v) is 7.93. The van der Waals surface area contributed by atoms with Gasteiger partial charge in [0, 0.05) is 58.1 Å². The van der Waals surface area contributed by atoms with Gasteiger partial charge in [-0.15, -0.1) is 0 Å². The average molecular weight is 382 g/mol. The summed E-state index contributed by atoms with van der Waals surface area (Å²) in [5.41, 5.74) is -0.293. The quantitative estimate of drug-likeness (QED) is 0.602. The fourth-order valence-electron chi connectivity index (χ4n) is 1.41. The van der Waals surface area contributed by atoms with Crippen molar-refractivity contribution in [3.8, 4) is 0 Å². The summed E-state index contributed by atoms with van der Waals surface area (Å²) in [5.74, 6) is 0. The molecular formula is C16H36O4Sc2. The van der Waals surface area contributed by atoms with Crippen molar-refractivity contribution in [2.24, 2.45) is 10.8 Å². The van der Waals surface area contributed by atoms with Crippen LogP contribution in [0.2, 0.25) is 0 Å². The van der Waals surface area contributed by atoms with Crippen LogP contribution in [0.15, 0.2) is 0 Å². The normalized spacial score (nSPS) is 16.9. The zero-order valence-corrected chi connectivity index (χ0v) is 19.3. The van der Waals surface area contributed by atoms with Gasteiger partial charge in [-0.3, -0.25) is 0 Å². The topological polar surface area (TPSA) is 80.9 Å². The molecule has 4 atom stereocenters. The summed E-state index contributed by atoms with van der Waals surface area (Å²) in [7, 11) is 0. The predicted octanol–water partition coefficient (Wildman–Crippen LogP) is 2.32. The molecule has 0 aromatic rings. The summed E-state index contributed by atoms with van der Waals surface area (Å²) in [6.45, 7) is 15.2. The molecule has 0 bridgehead atoms. The molecule has 6 heteroatoms. The Kier molecular flexibility index (Phi) is 19.7. The van der Waals surface area contributed by atoms with Gasteiger partial charge < -0.3 is 20.4 Å². The van der Waals surface area contributed by atoms with Crippen LogP contribution in [0, 0.1) is 10.8 Å². The number of rotatable bonds is 4. The molecular weight excluding hydrogens is 346 g/mol. The summed E-state index contributed by atoms with van der Waals surface area (Å²) in [6, 6.07) is 0. The van der Waals surface area contributed by atoms with Crippen molar-refractivity contribution in [3.05, 3.63) is 0 Å². The second-order valence-electron chi connectivity index (χ2n) is 7.93. The molecule has 4 unspecified atom stereocenters. The van der Waals surface area contributed by atoms with E-state index in [1.54, 1.807) is 13.8 Å². The number of hydrogen-bond donors (Lipinski definition) is 4. The zero-order chi connectivity index (χ0) is 16.7. The van der Waals surface area contributed by atoms with E-state index in [4.69, 9.17) is 10.2 Å². The van der Waals surface area contributed by atoms with Gasteiger partial charge in [-0.2, -0.15) is 0 Å². The van der Waals surface area contributed by atoms with Gasteiger partial charge in [0.05, 0.1) is 24.4 Å². The third-order valence-corrected chi connectivity index (χ3v) is 3.13. The molecule has 4 N–H and O–H groups in total. The van der Waals surface area contributed by atoms with Gasteiger partial charge in [0.15, 0.2) is 0 Å². The molecule has 4 nitrogen and oxygen atoms in total. The second kappa shape index (κ2) is 13.8. The van der Waals surface area contributed by atoms with Crippen molar-refractivity contribution in [1.82, 2.24) is 0 Å². The van der Waals surface area contributed by atoms with E-state index in [2.05, 4.69) is 0 Å². The Morgan fingerprint density at radius 2 is 0.818 bits per heavy atom. The minimum atomic E-state index is -0.443. The van der Waals surface area contributed by atoms with Crippen molar-refractivity contribution >= 4 is 0 Å². The molecule has 0 aliphatic rings. The average Bonchev–Trinajstić information content (AvgIpc) is 2.12. The molecule has 0 amide bonds. The number of hydrogen-bond acceptors (Lipinski definition) is 4. The summed E-state index contributed by atoms with van der Waals surface area (Å²) in [5, 5.41) is 36.6. The van der Waals surface area contributed by atoms with Gasteiger partial charge in [0.1, 0.15) is 0 Å². The van der Waals surface area contributed by atoms with E-state index in [0.717, 1.165) is 0 Å². The van der Waals surface area contributed by atoms with Crippen LogP contribution >= 0.6 is 0 Å². The molecule has 0 fully saturated rings. The first-order chi connectivity index (χ1) is 8.67. The maximum absolute atomic E-state index is 9.76. The molecule has 0 aromatic carbocycles. The van der Waals surface area contributed by atoms with Crippen LogP contribution in [-0.4, -0.2) is 44.8 Å². The molecule has 0 saturated heterocycles. The van der Waals surface area contributed by atoms with E-state index in [9.17, 15) is 10.2 Å². The van der Waals surface area contributed by atoms with Crippen LogP contribution in [0.25, 0.3) is 0 Å². The van der Waals surface area contributed by atoms with Crippen LogP contribution in [0.1, 0.15) is 68.2 Å². The molecule has 0 aliphatic heterocycles. The molecule has 0 aromatic heterocycles. The Morgan fingerprint density at radius 1 is 0.591 bits per heavy atom. The summed E-state index contributed by atoms with van der Waals surface area (Å²) >= 11 is 0. The molecule has 0 spiro atoms. The Hall–Kier alpha value is 1.58. The zero-order valence-electron chi connectivity index (χ0n) is 15.7. The van der Waals surface area contributed by atoms with Crippen molar-refractivity contribution in [3.63, 3.8) is 0 Å². The molecule has 0 rings (SSSR count). The third kappa shape index (κ3) is 19.6. The van der Waals surface area contributed by atoms with E-state index < -0.39 is 12.2 Å². The van der Waals surface area contributed by atoms with Gasteiger partial charge in [0.25, 0.3) is 0 Å². The largest absolute Gasteiger partial charge is 0.393 e. The van der Waals surface area contributed by atoms with Crippen molar-refractivity contribution in [2.45, 2.75) is 92.6 Å². The molecule has 22 heavy (non-hydrogen) atoms. The van der Waals surface area contributed by atoms with Crippen molar-refractivity contribution < 1.29 is 72.1 Å². The number of aliphatic hydroxyl groups excluding tert-OH is 4. The first kappa shape index (κ1) is 31.4. The van der Waals surface area contributed by atoms with E-state index in [-0.39, 0.29) is 74.7 Å². The number of aliphatic hydroxyl groups is 4. The first-order valence-electron chi connectivity index (χ1n) is 7.40. The molecule has 0 heterocycles. The van der Waals surface area contributed by atoms with Gasteiger partial charge in [-0.25, -0.2) is 0 Å². The SMILES string of the molecule is CC(C)(C)C(O)CC(O)C(C)(C)C.CC(O)CC(C)O.[Sc].[Sc]. The van der Waals surface area contributed by atoms with Gasteiger partial charge in [-0.1, -0.05) is 41.5 Å². The van der Waals surface area contributed by atoms with Crippen molar-refractivity contribution in [2.75, 3.05) is 0 Å². The summed E-state index contributed by atoms with van der Waals surface area (Å²) < 4.78 is 0. The molecule has 0 aliphatic carbocycles. The van der Waals surface area contributed by atoms with Crippen molar-refractivity contribution in [1.29, 1.82) is 0 Å². The fourth-order valence-corrected chi connectivity index (χ4v) is 1.41. The standard InChI is InChI=1S/C11H24O2.C5H12O2.2Sc/c1-10(2,3)8(12)7-9(13)11(4,5)6;1-4(6)3-5(2)7;;/h8-9,12-13H,7H2,1-6H3;4-7H,3H2,1-2H3;;. The van der Waals surface area contributed by atoms with E-state index in [1.165, 1.54) is 0 Å². The molecule has 2 radical (unpaired) electrons. The predicted molar refractivity (Wildman–Crippen MR) is 83.5 cm³/mol. The van der Waals surface area contributed by atoms with Crippen LogP contribution in [0.5, 0.6) is 0 Å². The van der Waals surface area contributed by atoms with E-state index in [1.807, 2.05) is 41.5 Å².